The van der Waals surface area contributed by atoms with Gasteiger partial charge in [0.1, 0.15) is 6.42 Å². The van der Waals surface area contributed by atoms with Crippen LogP contribution in [0, 0.1) is 0 Å². The molecule has 0 saturated heterocycles. The summed E-state index contributed by atoms with van der Waals surface area (Å²) in [5.74, 6) is -0.705. The van der Waals surface area contributed by atoms with Crippen LogP contribution in [0.5, 0.6) is 0 Å². The van der Waals surface area contributed by atoms with Crippen LogP contribution in [0.4, 0.5) is 5.69 Å². The number of amides is 2. The number of halogens is 2. The van der Waals surface area contributed by atoms with Gasteiger partial charge in [0.25, 0.3) is 0 Å². The molecule has 2 amide bonds. The first kappa shape index (κ1) is 17.3. The van der Waals surface area contributed by atoms with E-state index in [2.05, 4.69) is 5.32 Å². The van der Waals surface area contributed by atoms with Gasteiger partial charge < -0.3 is 10.2 Å². The van der Waals surface area contributed by atoms with E-state index in [4.69, 9.17) is 23.2 Å². The first-order valence-electron chi connectivity index (χ1n) is 6.98. The summed E-state index contributed by atoms with van der Waals surface area (Å²) >= 11 is 11.8. The number of hydrogen-bond acceptors (Lipinski definition) is 2. The van der Waals surface area contributed by atoms with E-state index in [1.54, 1.807) is 25.2 Å². The van der Waals surface area contributed by atoms with Gasteiger partial charge in [-0.15, -0.1) is 0 Å². The van der Waals surface area contributed by atoms with Crippen LogP contribution < -0.4 is 5.32 Å². The molecule has 0 heterocycles. The second-order valence-electron chi connectivity index (χ2n) is 5.08. The minimum Gasteiger partial charge on any atom is -0.341 e. The van der Waals surface area contributed by atoms with Crippen molar-refractivity contribution < 1.29 is 9.59 Å². The van der Waals surface area contributed by atoms with E-state index >= 15 is 0 Å². The average Bonchev–Trinajstić information content (AvgIpc) is 2.51. The highest BCUT2D eigenvalue weighted by Gasteiger charge is 2.15. The summed E-state index contributed by atoms with van der Waals surface area (Å²) in [6, 6.07) is 14.3. The highest BCUT2D eigenvalue weighted by molar-refractivity contribution is 6.35. The third-order valence-corrected chi connectivity index (χ3v) is 3.77. The van der Waals surface area contributed by atoms with Crippen molar-refractivity contribution in [3.8, 4) is 0 Å². The van der Waals surface area contributed by atoms with Crippen LogP contribution in [-0.4, -0.2) is 23.8 Å². The number of nitrogens with one attached hydrogen (secondary N) is 1. The molecule has 2 rings (SSSR count). The molecule has 2 aromatic carbocycles. The van der Waals surface area contributed by atoms with Crippen molar-refractivity contribution in [3.63, 3.8) is 0 Å². The van der Waals surface area contributed by atoms with Gasteiger partial charge in [0.2, 0.25) is 11.8 Å². The zero-order valence-electron chi connectivity index (χ0n) is 12.6. The van der Waals surface area contributed by atoms with Gasteiger partial charge in [0, 0.05) is 18.6 Å². The van der Waals surface area contributed by atoms with Gasteiger partial charge in [-0.2, -0.15) is 0 Å². The van der Waals surface area contributed by atoms with Crippen molar-refractivity contribution in [2.75, 3.05) is 12.4 Å². The highest BCUT2D eigenvalue weighted by atomic mass is 35.5. The van der Waals surface area contributed by atoms with Gasteiger partial charge in [-0.05, 0) is 23.8 Å². The maximum absolute atomic E-state index is 12.1. The summed E-state index contributed by atoms with van der Waals surface area (Å²) in [5, 5.41) is 3.42. The monoisotopic (exact) mass is 350 g/mol. The van der Waals surface area contributed by atoms with Gasteiger partial charge in [-0.3, -0.25) is 9.59 Å². The molecule has 0 aliphatic heterocycles. The lowest BCUT2D eigenvalue weighted by Gasteiger charge is -2.17. The van der Waals surface area contributed by atoms with Crippen LogP contribution in [0.15, 0.2) is 48.5 Å². The molecule has 1 N–H and O–H groups in total. The molecule has 23 heavy (non-hydrogen) atoms. The summed E-state index contributed by atoms with van der Waals surface area (Å²) in [5.41, 5.74) is 1.39. The predicted octanol–water partition coefficient (Wildman–Crippen LogP) is 3.98. The molecule has 120 valence electrons. The maximum Gasteiger partial charge on any atom is 0.233 e. The van der Waals surface area contributed by atoms with Gasteiger partial charge in [0.05, 0.1) is 10.7 Å². The normalized spacial score (nSPS) is 10.2. The molecule has 0 aliphatic carbocycles. The number of carbonyl (C=O) groups excluding carboxylic acids is 2. The van der Waals surface area contributed by atoms with Crippen LogP contribution in [0.2, 0.25) is 10.0 Å². The molecule has 2 aromatic rings. The van der Waals surface area contributed by atoms with Crippen LogP contribution in [0.3, 0.4) is 0 Å². The molecular formula is C17H16Cl2N2O2. The second kappa shape index (κ2) is 7.99. The van der Waals surface area contributed by atoms with Crippen LogP contribution in [0.1, 0.15) is 12.0 Å². The molecule has 0 aliphatic rings. The summed E-state index contributed by atoms with van der Waals surface area (Å²) in [4.78, 5) is 25.6. The second-order valence-corrected chi connectivity index (χ2v) is 5.93. The van der Waals surface area contributed by atoms with Crippen molar-refractivity contribution >= 4 is 40.7 Å². The first-order chi connectivity index (χ1) is 11.0. The van der Waals surface area contributed by atoms with E-state index in [1.807, 2.05) is 30.3 Å². The highest BCUT2D eigenvalue weighted by Crippen LogP contribution is 2.25. The largest absolute Gasteiger partial charge is 0.341 e. The SMILES string of the molecule is CN(Cc1ccccc1)C(=O)CC(=O)Nc1cc(Cl)ccc1Cl. The summed E-state index contributed by atoms with van der Waals surface area (Å²) in [7, 11) is 1.66. The Morgan fingerprint density at radius 2 is 1.78 bits per heavy atom. The van der Waals surface area contributed by atoms with E-state index in [-0.39, 0.29) is 12.3 Å². The summed E-state index contributed by atoms with van der Waals surface area (Å²) in [6.07, 6.45) is -0.258. The Kier molecular flexibility index (Phi) is 6.02. The molecule has 0 unspecified atom stereocenters. The Bertz CT molecular complexity index is 705. The van der Waals surface area contributed by atoms with Gasteiger partial charge in [-0.25, -0.2) is 0 Å². The molecular weight excluding hydrogens is 335 g/mol. The maximum atomic E-state index is 12.1. The lowest BCUT2D eigenvalue weighted by Crippen LogP contribution is -2.30. The first-order valence-corrected chi connectivity index (χ1v) is 7.74. The Labute approximate surface area is 145 Å². The van der Waals surface area contributed by atoms with Gasteiger partial charge in [-0.1, -0.05) is 53.5 Å². The van der Waals surface area contributed by atoms with E-state index in [0.29, 0.717) is 22.3 Å². The Balaban J connectivity index is 1.91. The minimum atomic E-state index is -0.431. The quantitative estimate of drug-likeness (QED) is 0.829. The number of carbonyl (C=O) groups is 2. The smallest absolute Gasteiger partial charge is 0.233 e. The van der Waals surface area contributed by atoms with Crippen molar-refractivity contribution in [1.29, 1.82) is 0 Å². The molecule has 0 bridgehead atoms. The van der Waals surface area contributed by atoms with E-state index < -0.39 is 5.91 Å². The van der Waals surface area contributed by atoms with Crippen molar-refractivity contribution in [2.24, 2.45) is 0 Å². The van der Waals surface area contributed by atoms with Crippen molar-refractivity contribution in [2.45, 2.75) is 13.0 Å². The van der Waals surface area contributed by atoms with Gasteiger partial charge >= 0.3 is 0 Å². The lowest BCUT2D eigenvalue weighted by molar-refractivity contribution is -0.133. The standard InChI is InChI=1S/C17H16Cl2N2O2/c1-21(11-12-5-3-2-4-6-12)17(23)10-16(22)20-15-9-13(18)7-8-14(15)19/h2-9H,10-11H2,1H3,(H,20,22). The Morgan fingerprint density at radius 3 is 2.48 bits per heavy atom. The van der Waals surface area contributed by atoms with Crippen LogP contribution in [-0.2, 0) is 16.1 Å². The summed E-state index contributed by atoms with van der Waals surface area (Å²) in [6.45, 7) is 0.449. The molecule has 6 heteroatoms. The number of nitrogens with zero attached hydrogens (tertiary/aromatic N) is 1. The third-order valence-electron chi connectivity index (χ3n) is 3.20. The minimum absolute atomic E-state index is 0.258. The van der Waals surface area contributed by atoms with Crippen LogP contribution >= 0.6 is 23.2 Å². The predicted molar refractivity (Wildman–Crippen MR) is 92.6 cm³/mol. The van der Waals surface area contributed by atoms with E-state index in [9.17, 15) is 9.59 Å². The third kappa shape index (κ3) is 5.27. The molecule has 0 saturated carbocycles. The topological polar surface area (TPSA) is 49.4 Å². The Hall–Kier alpha value is -2.04. The van der Waals surface area contributed by atoms with Crippen LogP contribution in [0.25, 0.3) is 0 Å². The zero-order valence-corrected chi connectivity index (χ0v) is 14.1. The molecule has 4 nitrogen and oxygen atoms in total. The lowest BCUT2D eigenvalue weighted by atomic mass is 10.2. The molecule has 0 atom stereocenters. The van der Waals surface area contributed by atoms with Crippen molar-refractivity contribution in [3.05, 3.63) is 64.1 Å². The molecule has 0 fully saturated rings. The summed E-state index contributed by atoms with van der Waals surface area (Å²) < 4.78 is 0. The number of benzene rings is 2. The number of rotatable bonds is 5. The average molecular weight is 351 g/mol. The van der Waals surface area contributed by atoms with Gasteiger partial charge in [0.15, 0.2) is 0 Å². The zero-order chi connectivity index (χ0) is 16.8. The fraction of sp³-hybridized carbons (Fsp3) is 0.176. The molecule has 0 spiro atoms. The van der Waals surface area contributed by atoms with E-state index in [0.717, 1.165) is 5.56 Å². The van der Waals surface area contributed by atoms with E-state index in [1.165, 1.54) is 4.90 Å². The Morgan fingerprint density at radius 1 is 1.09 bits per heavy atom. The number of hydrogen-bond donors (Lipinski definition) is 1. The fourth-order valence-electron chi connectivity index (χ4n) is 2.01. The number of anilines is 1. The van der Waals surface area contributed by atoms with Crippen molar-refractivity contribution in [1.82, 2.24) is 4.90 Å². The molecule has 0 aromatic heterocycles. The fourth-order valence-corrected chi connectivity index (χ4v) is 2.34. The molecule has 0 radical (unpaired) electrons.